The summed E-state index contributed by atoms with van der Waals surface area (Å²) in [5.41, 5.74) is -1.10. The smallest absolute Gasteiger partial charge is 0.307 e. The van der Waals surface area contributed by atoms with Crippen molar-refractivity contribution < 1.29 is 33.6 Å². The summed E-state index contributed by atoms with van der Waals surface area (Å²) in [6.45, 7) is 2.00. The highest BCUT2D eigenvalue weighted by Gasteiger charge is 2.24. The number of nitrogens with zero attached hydrogens (tertiary/aromatic N) is 5. The topological polar surface area (TPSA) is 188 Å². The van der Waals surface area contributed by atoms with Crippen LogP contribution < -0.4 is 19.7 Å². The molecule has 3 aromatic rings. The number of hydrogen-bond donors (Lipinski definition) is 1. The third-order valence-corrected chi connectivity index (χ3v) is 6.12. The molecule has 0 aromatic heterocycles. The van der Waals surface area contributed by atoms with Gasteiger partial charge in [0.1, 0.15) is 23.8 Å². The highest BCUT2D eigenvalue weighted by molar-refractivity contribution is 6.33. The van der Waals surface area contributed by atoms with E-state index in [1.54, 1.807) is 23.1 Å². The van der Waals surface area contributed by atoms with Crippen LogP contribution >= 0.6 is 11.6 Å². The van der Waals surface area contributed by atoms with Gasteiger partial charge in [-0.15, -0.1) is 10.2 Å². The number of rotatable bonds is 14. The quantitative estimate of drug-likeness (QED) is 0.0977. The van der Waals surface area contributed by atoms with Gasteiger partial charge in [-0.3, -0.25) is 29.8 Å². The van der Waals surface area contributed by atoms with Crippen molar-refractivity contribution in [3.63, 3.8) is 0 Å². The fourth-order valence-electron chi connectivity index (χ4n) is 3.83. The first-order chi connectivity index (χ1) is 20.5. The predicted molar refractivity (Wildman–Crippen MR) is 157 cm³/mol. The molecule has 0 bridgehead atoms. The summed E-state index contributed by atoms with van der Waals surface area (Å²) in [5, 5.41) is 33.0. The lowest BCUT2D eigenvalue weighted by Gasteiger charge is -2.27. The Morgan fingerprint density at radius 2 is 1.72 bits per heavy atom. The zero-order valence-corrected chi connectivity index (χ0v) is 24.1. The summed E-state index contributed by atoms with van der Waals surface area (Å²) in [4.78, 5) is 46.9. The number of carbonyl (C=O) groups excluding carboxylic acids is 2. The number of nitro benzene ring substituents is 2. The van der Waals surface area contributed by atoms with E-state index < -0.39 is 38.8 Å². The van der Waals surface area contributed by atoms with Crippen LogP contribution in [-0.2, 0) is 14.3 Å². The summed E-state index contributed by atoms with van der Waals surface area (Å²) >= 11 is 6.09. The van der Waals surface area contributed by atoms with Gasteiger partial charge in [0.2, 0.25) is 5.91 Å². The zero-order valence-electron chi connectivity index (χ0n) is 23.3. The van der Waals surface area contributed by atoms with Crippen LogP contribution in [0.5, 0.6) is 11.5 Å². The van der Waals surface area contributed by atoms with Crippen LogP contribution in [0.4, 0.5) is 34.1 Å². The number of benzene rings is 3. The van der Waals surface area contributed by atoms with Crippen molar-refractivity contribution in [2.24, 2.45) is 10.2 Å². The Morgan fingerprint density at radius 3 is 2.33 bits per heavy atom. The number of halogens is 1. The standard InChI is InChI=1S/C27H27ClN6O9/c1-17(35)29-21-15-23(32(10-9-26(36)42-3)11-12-43-19-7-5-4-6-8-19)25(41-2)16-22(21)30-31-27-20(28)13-18(33(37)38)14-24(27)34(39)40/h4-8,13-16H,9-12H2,1-3H3,(H,29,35). The molecular formula is C27H27ClN6O9. The molecule has 0 spiro atoms. The van der Waals surface area contributed by atoms with Gasteiger partial charge < -0.3 is 24.4 Å². The summed E-state index contributed by atoms with van der Waals surface area (Å²) in [5.74, 6) is 0.00968. The van der Waals surface area contributed by atoms with Crippen LogP contribution in [0.25, 0.3) is 0 Å². The van der Waals surface area contributed by atoms with Gasteiger partial charge in [0, 0.05) is 25.6 Å². The van der Waals surface area contributed by atoms with Crippen LogP contribution in [-0.4, -0.2) is 55.6 Å². The molecule has 0 aliphatic rings. The largest absolute Gasteiger partial charge is 0.494 e. The molecule has 0 heterocycles. The van der Waals surface area contributed by atoms with E-state index in [2.05, 4.69) is 15.5 Å². The Morgan fingerprint density at radius 1 is 1.00 bits per heavy atom. The lowest BCUT2D eigenvalue weighted by Crippen LogP contribution is -2.31. The number of nitrogens with one attached hydrogen (secondary N) is 1. The van der Waals surface area contributed by atoms with E-state index in [0.717, 1.165) is 12.1 Å². The van der Waals surface area contributed by atoms with E-state index in [9.17, 15) is 29.8 Å². The maximum Gasteiger partial charge on any atom is 0.307 e. The van der Waals surface area contributed by atoms with E-state index in [1.807, 2.05) is 18.2 Å². The van der Waals surface area contributed by atoms with E-state index >= 15 is 0 Å². The first kappa shape index (κ1) is 32.2. The second kappa shape index (κ2) is 15.1. The molecule has 3 aromatic carbocycles. The molecule has 0 saturated heterocycles. The molecule has 0 saturated carbocycles. The lowest BCUT2D eigenvalue weighted by molar-refractivity contribution is -0.393. The summed E-state index contributed by atoms with van der Waals surface area (Å²) < 4.78 is 16.2. The molecule has 1 N–H and O–H groups in total. The first-order valence-electron chi connectivity index (χ1n) is 12.6. The molecule has 1 amide bonds. The predicted octanol–water partition coefficient (Wildman–Crippen LogP) is 5.99. The molecule has 43 heavy (non-hydrogen) atoms. The highest BCUT2D eigenvalue weighted by atomic mass is 35.5. The number of para-hydroxylation sites is 1. The molecular weight excluding hydrogens is 588 g/mol. The van der Waals surface area contributed by atoms with Crippen molar-refractivity contribution in [1.29, 1.82) is 0 Å². The van der Waals surface area contributed by atoms with Crippen LogP contribution in [0.3, 0.4) is 0 Å². The second-order valence-corrected chi connectivity index (χ2v) is 9.11. The van der Waals surface area contributed by atoms with Gasteiger partial charge in [-0.25, -0.2) is 0 Å². The molecule has 0 unspecified atom stereocenters. The molecule has 15 nitrogen and oxygen atoms in total. The zero-order chi connectivity index (χ0) is 31.5. The van der Waals surface area contributed by atoms with Gasteiger partial charge in [-0.2, -0.15) is 0 Å². The lowest BCUT2D eigenvalue weighted by atomic mass is 10.2. The van der Waals surface area contributed by atoms with E-state index in [-0.39, 0.29) is 41.7 Å². The number of esters is 1. The van der Waals surface area contributed by atoms with Crippen molar-refractivity contribution in [3.8, 4) is 11.5 Å². The molecule has 0 aliphatic heterocycles. The molecule has 0 radical (unpaired) electrons. The van der Waals surface area contributed by atoms with Crippen LogP contribution in [0.15, 0.2) is 64.8 Å². The number of non-ortho nitro benzene ring substituents is 1. The van der Waals surface area contributed by atoms with E-state index in [0.29, 0.717) is 18.0 Å². The van der Waals surface area contributed by atoms with Gasteiger partial charge in [0.15, 0.2) is 5.69 Å². The molecule has 0 atom stereocenters. The van der Waals surface area contributed by atoms with Gasteiger partial charge in [-0.1, -0.05) is 29.8 Å². The number of methoxy groups -OCH3 is 2. The minimum absolute atomic E-state index is 0.0320. The van der Waals surface area contributed by atoms with Crippen molar-refractivity contribution in [1.82, 2.24) is 0 Å². The van der Waals surface area contributed by atoms with Crippen molar-refractivity contribution >= 4 is 57.6 Å². The highest BCUT2D eigenvalue weighted by Crippen LogP contribution is 2.43. The monoisotopic (exact) mass is 614 g/mol. The molecule has 226 valence electrons. The number of nitro groups is 2. The third-order valence-electron chi connectivity index (χ3n) is 5.83. The second-order valence-electron chi connectivity index (χ2n) is 8.71. The minimum atomic E-state index is -0.873. The molecule has 0 fully saturated rings. The first-order valence-corrected chi connectivity index (χ1v) is 12.9. The molecule has 16 heteroatoms. The number of hydrogen-bond acceptors (Lipinski definition) is 12. The fourth-order valence-corrected chi connectivity index (χ4v) is 4.08. The van der Waals surface area contributed by atoms with Crippen LogP contribution in [0, 0.1) is 20.2 Å². The normalized spacial score (nSPS) is 10.7. The van der Waals surface area contributed by atoms with Gasteiger partial charge in [-0.05, 0) is 18.2 Å². The van der Waals surface area contributed by atoms with E-state index in [4.69, 9.17) is 25.8 Å². The maximum absolute atomic E-state index is 12.1. The molecule has 3 rings (SSSR count). The Bertz CT molecular complexity index is 1540. The maximum atomic E-state index is 12.1. The average Bonchev–Trinajstić information content (AvgIpc) is 2.98. The average molecular weight is 615 g/mol. The Kier molecular flexibility index (Phi) is 11.3. The van der Waals surface area contributed by atoms with Crippen LogP contribution in [0.1, 0.15) is 13.3 Å². The fraction of sp³-hybridized carbons (Fsp3) is 0.259. The van der Waals surface area contributed by atoms with Crippen LogP contribution in [0.2, 0.25) is 5.02 Å². The number of azo groups is 1. The Hall–Kier alpha value is -5.31. The summed E-state index contributed by atoms with van der Waals surface area (Å²) in [6.07, 6.45) is 0.0320. The SMILES string of the molecule is COC(=O)CCN(CCOc1ccccc1)c1cc(NC(C)=O)c(N=Nc2c(Cl)cc([N+](=O)[O-])cc2[N+](=O)[O-])cc1OC. The summed E-state index contributed by atoms with van der Waals surface area (Å²) in [7, 11) is 2.68. The Balaban J connectivity index is 2.05. The van der Waals surface area contributed by atoms with Gasteiger partial charge in [0.05, 0.1) is 59.5 Å². The van der Waals surface area contributed by atoms with Gasteiger partial charge in [0.25, 0.3) is 5.69 Å². The van der Waals surface area contributed by atoms with Crippen molar-refractivity contribution in [3.05, 3.63) is 79.8 Å². The number of ether oxygens (including phenoxy) is 3. The number of carbonyl (C=O) groups is 2. The van der Waals surface area contributed by atoms with E-state index in [1.165, 1.54) is 27.2 Å². The number of amides is 1. The minimum Gasteiger partial charge on any atom is -0.494 e. The van der Waals surface area contributed by atoms with Gasteiger partial charge >= 0.3 is 11.7 Å². The molecule has 0 aliphatic carbocycles. The third kappa shape index (κ3) is 8.84. The van der Waals surface area contributed by atoms with Crippen molar-refractivity contribution in [2.75, 3.05) is 44.1 Å². The van der Waals surface area contributed by atoms with Crippen molar-refractivity contribution in [2.45, 2.75) is 13.3 Å². The Labute approximate surface area is 250 Å². The summed E-state index contributed by atoms with van der Waals surface area (Å²) in [6, 6.07) is 13.7. The number of anilines is 2.